The number of unbranched alkanes of at least 4 members (excludes halogenated alkanes) is 3. The zero-order valence-electron chi connectivity index (χ0n) is 11.8. The highest BCUT2D eigenvalue weighted by Crippen LogP contribution is 2.06. The van der Waals surface area contributed by atoms with Gasteiger partial charge in [0.1, 0.15) is 0 Å². The topological polar surface area (TPSA) is 0 Å². The van der Waals surface area contributed by atoms with Gasteiger partial charge in [-0.3, -0.25) is 0 Å². The van der Waals surface area contributed by atoms with Gasteiger partial charge in [-0.15, -0.1) is 12.6 Å². The van der Waals surface area contributed by atoms with Gasteiger partial charge in [0, 0.05) is 4.90 Å². The van der Waals surface area contributed by atoms with Crippen LogP contribution in [-0.2, 0) is 6.42 Å². The lowest BCUT2D eigenvalue weighted by Crippen LogP contribution is -1.84. The summed E-state index contributed by atoms with van der Waals surface area (Å²) >= 11 is 4.08. The second-order valence-electron chi connectivity index (χ2n) is 4.63. The Labute approximate surface area is 123 Å². The Hall–Kier alpha value is -1.21. The second-order valence-corrected chi connectivity index (χ2v) is 5.15. The van der Waals surface area contributed by atoms with Gasteiger partial charge in [-0.25, -0.2) is 0 Å². The fourth-order valence-electron chi connectivity index (χ4n) is 1.83. The van der Waals surface area contributed by atoms with Gasteiger partial charge in [0.05, 0.1) is 0 Å². The van der Waals surface area contributed by atoms with E-state index in [1.54, 1.807) is 0 Å². The van der Waals surface area contributed by atoms with Crippen molar-refractivity contribution in [2.45, 2.75) is 43.9 Å². The summed E-state index contributed by atoms with van der Waals surface area (Å²) in [4.78, 5) is 1.02. The standard InChI is InChI=1S/C12H18.C6H6S/c1-2-3-4-6-9-12-10-7-5-8-11-12;7-6-4-2-1-3-5-6/h5,7-8,10-11H,2-4,6,9H2,1H3;1-5,7H. The summed E-state index contributed by atoms with van der Waals surface area (Å²) < 4.78 is 0. The Kier molecular flexibility index (Phi) is 8.91. The van der Waals surface area contributed by atoms with Crippen LogP contribution in [0, 0.1) is 0 Å². The first-order valence-corrected chi connectivity index (χ1v) is 7.55. The molecule has 0 amide bonds. The van der Waals surface area contributed by atoms with Crippen LogP contribution in [0.3, 0.4) is 0 Å². The first-order valence-electron chi connectivity index (χ1n) is 7.11. The summed E-state index contributed by atoms with van der Waals surface area (Å²) in [5.41, 5.74) is 1.48. The van der Waals surface area contributed by atoms with Gasteiger partial charge >= 0.3 is 0 Å². The van der Waals surface area contributed by atoms with Crippen LogP contribution in [0.5, 0.6) is 0 Å². The van der Waals surface area contributed by atoms with Crippen LogP contribution in [0.4, 0.5) is 0 Å². The molecule has 19 heavy (non-hydrogen) atoms. The van der Waals surface area contributed by atoms with Crippen molar-refractivity contribution in [1.29, 1.82) is 0 Å². The monoisotopic (exact) mass is 272 g/mol. The maximum atomic E-state index is 4.08. The third-order valence-electron chi connectivity index (χ3n) is 2.92. The molecule has 0 bridgehead atoms. The Bertz CT molecular complexity index is 408. The van der Waals surface area contributed by atoms with Crippen molar-refractivity contribution in [3.8, 4) is 0 Å². The summed E-state index contributed by atoms with van der Waals surface area (Å²) in [5.74, 6) is 0. The fraction of sp³-hybridized carbons (Fsp3) is 0.333. The summed E-state index contributed by atoms with van der Waals surface area (Å²) in [6.45, 7) is 2.25. The van der Waals surface area contributed by atoms with Crippen LogP contribution in [-0.4, -0.2) is 0 Å². The minimum absolute atomic E-state index is 1.02. The Morgan fingerprint density at radius 1 is 0.737 bits per heavy atom. The van der Waals surface area contributed by atoms with E-state index in [1.807, 2.05) is 30.3 Å². The highest BCUT2D eigenvalue weighted by atomic mass is 32.1. The fourth-order valence-corrected chi connectivity index (χ4v) is 2.00. The molecule has 0 aliphatic carbocycles. The van der Waals surface area contributed by atoms with E-state index in [4.69, 9.17) is 0 Å². The SMILES string of the molecule is CCCCCCc1ccccc1.Sc1ccccc1. The van der Waals surface area contributed by atoms with Crippen LogP contribution in [0.2, 0.25) is 0 Å². The van der Waals surface area contributed by atoms with Gasteiger partial charge in [0.2, 0.25) is 0 Å². The number of hydrogen-bond acceptors (Lipinski definition) is 1. The van der Waals surface area contributed by atoms with E-state index in [1.165, 1.54) is 37.7 Å². The van der Waals surface area contributed by atoms with Crippen molar-refractivity contribution in [3.63, 3.8) is 0 Å². The van der Waals surface area contributed by atoms with E-state index in [0.29, 0.717) is 0 Å². The minimum Gasteiger partial charge on any atom is -0.143 e. The normalized spacial score (nSPS) is 9.58. The second kappa shape index (κ2) is 10.7. The molecule has 0 atom stereocenters. The molecule has 0 unspecified atom stereocenters. The molecule has 1 heteroatoms. The van der Waals surface area contributed by atoms with Crippen LogP contribution in [0.25, 0.3) is 0 Å². The molecule has 2 aromatic carbocycles. The molecule has 0 N–H and O–H groups in total. The summed E-state index contributed by atoms with van der Waals surface area (Å²) in [6, 6.07) is 20.5. The van der Waals surface area contributed by atoms with Crippen molar-refractivity contribution in [3.05, 3.63) is 66.2 Å². The molecule has 102 valence electrons. The van der Waals surface area contributed by atoms with Gasteiger partial charge in [-0.1, -0.05) is 74.7 Å². The van der Waals surface area contributed by atoms with Gasteiger partial charge < -0.3 is 0 Å². The summed E-state index contributed by atoms with van der Waals surface area (Å²) in [7, 11) is 0. The highest BCUT2D eigenvalue weighted by molar-refractivity contribution is 7.80. The summed E-state index contributed by atoms with van der Waals surface area (Å²) in [5, 5.41) is 0. The smallest absolute Gasteiger partial charge is 0.00399 e. The third-order valence-corrected chi connectivity index (χ3v) is 3.22. The van der Waals surface area contributed by atoms with Crippen LogP contribution in [0.1, 0.15) is 38.2 Å². The minimum atomic E-state index is 1.02. The number of aryl methyl sites for hydroxylation is 1. The number of benzene rings is 2. The molecule has 0 saturated heterocycles. The molecular formula is C18H24S. The predicted molar refractivity (Wildman–Crippen MR) is 88.0 cm³/mol. The zero-order chi connectivity index (χ0) is 13.8. The molecule has 0 radical (unpaired) electrons. The maximum absolute atomic E-state index is 4.08. The average Bonchev–Trinajstić information content (AvgIpc) is 2.46. The number of thiol groups is 1. The molecule has 2 rings (SSSR count). The first kappa shape index (κ1) is 15.8. The number of hydrogen-bond donors (Lipinski definition) is 1. The molecule has 0 spiro atoms. The maximum Gasteiger partial charge on any atom is 0.00399 e. The van der Waals surface area contributed by atoms with Crippen molar-refractivity contribution in [2.24, 2.45) is 0 Å². The summed E-state index contributed by atoms with van der Waals surface area (Å²) in [6.07, 6.45) is 6.69. The zero-order valence-corrected chi connectivity index (χ0v) is 12.7. The van der Waals surface area contributed by atoms with E-state index in [-0.39, 0.29) is 0 Å². The van der Waals surface area contributed by atoms with Crippen molar-refractivity contribution < 1.29 is 0 Å². The molecule has 0 aromatic heterocycles. The van der Waals surface area contributed by atoms with Gasteiger partial charge in [0.15, 0.2) is 0 Å². The molecule has 0 saturated carbocycles. The largest absolute Gasteiger partial charge is 0.143 e. The van der Waals surface area contributed by atoms with Crippen LogP contribution >= 0.6 is 12.6 Å². The van der Waals surface area contributed by atoms with E-state index >= 15 is 0 Å². The number of rotatable bonds is 5. The lowest BCUT2D eigenvalue weighted by atomic mass is 10.1. The first-order chi connectivity index (χ1) is 9.33. The van der Waals surface area contributed by atoms with Crippen LogP contribution < -0.4 is 0 Å². The van der Waals surface area contributed by atoms with Gasteiger partial charge in [-0.2, -0.15) is 0 Å². The van der Waals surface area contributed by atoms with Crippen LogP contribution in [0.15, 0.2) is 65.6 Å². The van der Waals surface area contributed by atoms with Gasteiger partial charge in [-0.05, 0) is 30.5 Å². The van der Waals surface area contributed by atoms with Gasteiger partial charge in [0.25, 0.3) is 0 Å². The van der Waals surface area contributed by atoms with Crippen molar-refractivity contribution >= 4 is 12.6 Å². The predicted octanol–water partition coefficient (Wildman–Crippen LogP) is 5.78. The van der Waals surface area contributed by atoms with E-state index in [9.17, 15) is 0 Å². The molecule has 0 nitrogen and oxygen atoms in total. The molecule has 2 aromatic rings. The van der Waals surface area contributed by atoms with Crippen molar-refractivity contribution in [1.82, 2.24) is 0 Å². The molecule has 0 fully saturated rings. The highest BCUT2D eigenvalue weighted by Gasteiger charge is 1.90. The third kappa shape index (κ3) is 8.50. The Morgan fingerprint density at radius 3 is 1.79 bits per heavy atom. The lowest BCUT2D eigenvalue weighted by molar-refractivity contribution is 0.667. The van der Waals surface area contributed by atoms with E-state index in [2.05, 4.69) is 49.9 Å². The Balaban J connectivity index is 0.000000218. The Morgan fingerprint density at radius 2 is 1.32 bits per heavy atom. The molecule has 0 aliphatic heterocycles. The van der Waals surface area contributed by atoms with Crippen molar-refractivity contribution in [2.75, 3.05) is 0 Å². The molecule has 0 aliphatic rings. The molecular weight excluding hydrogens is 248 g/mol. The molecule has 0 heterocycles. The van der Waals surface area contributed by atoms with E-state index in [0.717, 1.165) is 4.90 Å². The quantitative estimate of drug-likeness (QED) is 0.517. The average molecular weight is 272 g/mol. The lowest BCUT2D eigenvalue weighted by Gasteiger charge is -1.99. The van der Waals surface area contributed by atoms with E-state index < -0.39 is 0 Å².